The van der Waals surface area contributed by atoms with Gasteiger partial charge in [0, 0.05) is 25.2 Å². The zero-order valence-corrected chi connectivity index (χ0v) is 10.6. The van der Waals surface area contributed by atoms with Gasteiger partial charge in [0.2, 0.25) is 5.91 Å². The molecule has 3 fully saturated rings. The fourth-order valence-electron chi connectivity index (χ4n) is 3.92. The summed E-state index contributed by atoms with van der Waals surface area (Å²) in [6.07, 6.45) is 3.51. The lowest BCUT2D eigenvalue weighted by Gasteiger charge is -2.41. The first-order valence-corrected chi connectivity index (χ1v) is 7.05. The van der Waals surface area contributed by atoms with Crippen LogP contribution in [0.3, 0.4) is 0 Å². The van der Waals surface area contributed by atoms with Crippen molar-refractivity contribution in [2.75, 3.05) is 26.2 Å². The number of carbonyl (C=O) groups excluding carboxylic acids is 1. The highest BCUT2D eigenvalue weighted by Gasteiger charge is 2.45. The molecule has 0 spiro atoms. The van der Waals surface area contributed by atoms with Crippen LogP contribution in [0.4, 0.5) is 0 Å². The van der Waals surface area contributed by atoms with Crippen LogP contribution in [-0.4, -0.2) is 49.1 Å². The van der Waals surface area contributed by atoms with Crippen molar-refractivity contribution >= 4 is 5.91 Å². The molecule has 3 rings (SSSR count). The molecule has 0 saturated carbocycles. The first-order chi connectivity index (χ1) is 8.31. The Kier molecular flexibility index (Phi) is 3.09. The molecule has 2 N–H and O–H groups in total. The van der Waals surface area contributed by atoms with Crippen molar-refractivity contribution in [1.82, 2.24) is 15.5 Å². The van der Waals surface area contributed by atoms with Crippen LogP contribution in [0.5, 0.6) is 0 Å². The van der Waals surface area contributed by atoms with Crippen molar-refractivity contribution < 1.29 is 4.79 Å². The Hall–Kier alpha value is -0.610. The molecule has 17 heavy (non-hydrogen) atoms. The molecule has 3 heterocycles. The number of nitrogens with zero attached hydrogens (tertiary/aromatic N) is 1. The minimum Gasteiger partial charge on any atom is -0.354 e. The standard InChI is InChI=1S/C13H23N3O/c1-2-9-6-14-7-11(9)16-5-3-4-10-12(16)8-15-13(10)17/h9-12,14H,2-8H2,1H3,(H,15,17). The molecule has 0 bridgehead atoms. The van der Waals surface area contributed by atoms with Crippen molar-refractivity contribution in [1.29, 1.82) is 0 Å². The Morgan fingerprint density at radius 2 is 2.18 bits per heavy atom. The highest BCUT2D eigenvalue weighted by Crippen LogP contribution is 2.32. The molecular formula is C13H23N3O. The summed E-state index contributed by atoms with van der Waals surface area (Å²) in [6.45, 7) is 6.59. The second-order valence-corrected chi connectivity index (χ2v) is 5.69. The summed E-state index contributed by atoms with van der Waals surface area (Å²) in [6, 6.07) is 1.12. The molecular weight excluding hydrogens is 214 g/mol. The van der Waals surface area contributed by atoms with E-state index in [1.807, 2.05) is 0 Å². The molecule has 4 nitrogen and oxygen atoms in total. The number of fused-ring (bicyclic) bond motifs is 1. The molecule has 3 aliphatic heterocycles. The summed E-state index contributed by atoms with van der Waals surface area (Å²) in [5.41, 5.74) is 0. The summed E-state index contributed by atoms with van der Waals surface area (Å²) >= 11 is 0. The van der Waals surface area contributed by atoms with E-state index >= 15 is 0 Å². The van der Waals surface area contributed by atoms with Crippen molar-refractivity contribution in [2.24, 2.45) is 11.8 Å². The molecule has 4 atom stereocenters. The number of hydrogen-bond donors (Lipinski definition) is 2. The van der Waals surface area contributed by atoms with Gasteiger partial charge in [-0.3, -0.25) is 9.69 Å². The molecule has 0 aromatic heterocycles. The lowest BCUT2D eigenvalue weighted by molar-refractivity contribution is -0.124. The van der Waals surface area contributed by atoms with E-state index in [2.05, 4.69) is 22.5 Å². The third kappa shape index (κ3) is 1.87. The maximum Gasteiger partial charge on any atom is 0.224 e. The average Bonchev–Trinajstić information content (AvgIpc) is 2.96. The number of piperidine rings is 1. The first-order valence-electron chi connectivity index (χ1n) is 7.05. The number of rotatable bonds is 2. The van der Waals surface area contributed by atoms with Crippen molar-refractivity contribution in [3.8, 4) is 0 Å². The van der Waals surface area contributed by atoms with Gasteiger partial charge in [0.15, 0.2) is 0 Å². The van der Waals surface area contributed by atoms with Crippen LogP contribution in [0.15, 0.2) is 0 Å². The molecule has 0 aromatic rings. The second-order valence-electron chi connectivity index (χ2n) is 5.69. The third-order valence-electron chi connectivity index (χ3n) is 4.90. The van der Waals surface area contributed by atoms with Gasteiger partial charge in [0.25, 0.3) is 0 Å². The second kappa shape index (κ2) is 4.58. The first kappa shape index (κ1) is 11.5. The number of carbonyl (C=O) groups is 1. The zero-order valence-electron chi connectivity index (χ0n) is 10.6. The minimum absolute atomic E-state index is 0.266. The highest BCUT2D eigenvalue weighted by molar-refractivity contribution is 5.82. The van der Waals surface area contributed by atoms with Gasteiger partial charge in [0.1, 0.15) is 0 Å². The highest BCUT2D eigenvalue weighted by atomic mass is 16.2. The van der Waals surface area contributed by atoms with E-state index < -0.39 is 0 Å². The monoisotopic (exact) mass is 237 g/mol. The average molecular weight is 237 g/mol. The van der Waals surface area contributed by atoms with Crippen LogP contribution in [0, 0.1) is 11.8 Å². The largest absolute Gasteiger partial charge is 0.354 e. The Morgan fingerprint density at radius 3 is 3.00 bits per heavy atom. The Morgan fingerprint density at radius 1 is 1.29 bits per heavy atom. The zero-order chi connectivity index (χ0) is 11.8. The fourth-order valence-corrected chi connectivity index (χ4v) is 3.92. The van der Waals surface area contributed by atoms with Crippen LogP contribution >= 0.6 is 0 Å². The molecule has 1 amide bonds. The lowest BCUT2D eigenvalue weighted by Crippen LogP contribution is -2.53. The summed E-state index contributed by atoms with van der Waals surface area (Å²) in [4.78, 5) is 14.4. The number of hydrogen-bond acceptors (Lipinski definition) is 3. The quantitative estimate of drug-likeness (QED) is 0.721. The van der Waals surface area contributed by atoms with Crippen LogP contribution < -0.4 is 10.6 Å². The Bertz CT molecular complexity index is 307. The van der Waals surface area contributed by atoms with Gasteiger partial charge < -0.3 is 10.6 Å². The predicted octanol–water partition coefficient (Wildman–Crippen LogP) is 0.195. The minimum atomic E-state index is 0.266. The maximum absolute atomic E-state index is 11.8. The SMILES string of the molecule is CCC1CNCC1N1CCCC2C(=O)NCC21. The Labute approximate surface area is 103 Å². The lowest BCUT2D eigenvalue weighted by atomic mass is 9.87. The van der Waals surface area contributed by atoms with Crippen molar-refractivity contribution in [3.05, 3.63) is 0 Å². The van der Waals surface area contributed by atoms with Gasteiger partial charge in [-0.1, -0.05) is 13.3 Å². The number of nitrogens with one attached hydrogen (secondary N) is 2. The predicted molar refractivity (Wildman–Crippen MR) is 66.7 cm³/mol. The van der Waals surface area contributed by atoms with E-state index in [4.69, 9.17) is 0 Å². The molecule has 0 radical (unpaired) electrons. The molecule has 4 heteroatoms. The van der Waals surface area contributed by atoms with Crippen LogP contribution in [-0.2, 0) is 4.79 Å². The molecule has 0 aliphatic carbocycles. The van der Waals surface area contributed by atoms with E-state index in [9.17, 15) is 4.79 Å². The topological polar surface area (TPSA) is 44.4 Å². The van der Waals surface area contributed by atoms with Crippen molar-refractivity contribution in [3.63, 3.8) is 0 Å². The molecule has 3 saturated heterocycles. The molecule has 4 unspecified atom stereocenters. The summed E-state index contributed by atoms with van der Waals surface area (Å²) in [7, 11) is 0. The normalized spacial score (nSPS) is 42.5. The van der Waals surface area contributed by atoms with E-state index in [1.54, 1.807) is 0 Å². The van der Waals surface area contributed by atoms with Crippen LogP contribution in [0.25, 0.3) is 0 Å². The van der Waals surface area contributed by atoms with Gasteiger partial charge >= 0.3 is 0 Å². The van der Waals surface area contributed by atoms with Gasteiger partial charge in [-0.05, 0) is 31.8 Å². The summed E-state index contributed by atoms with van der Waals surface area (Å²) in [5.74, 6) is 1.32. The van der Waals surface area contributed by atoms with Gasteiger partial charge in [-0.15, -0.1) is 0 Å². The smallest absolute Gasteiger partial charge is 0.224 e. The van der Waals surface area contributed by atoms with E-state index in [-0.39, 0.29) is 5.92 Å². The van der Waals surface area contributed by atoms with Gasteiger partial charge in [-0.2, -0.15) is 0 Å². The van der Waals surface area contributed by atoms with E-state index in [1.165, 1.54) is 19.4 Å². The van der Waals surface area contributed by atoms with Crippen molar-refractivity contribution in [2.45, 2.75) is 38.3 Å². The summed E-state index contributed by atoms with van der Waals surface area (Å²) in [5, 5.41) is 6.56. The maximum atomic E-state index is 11.8. The molecule has 0 aromatic carbocycles. The van der Waals surface area contributed by atoms with E-state index in [0.29, 0.717) is 18.0 Å². The summed E-state index contributed by atoms with van der Waals surface area (Å²) < 4.78 is 0. The number of amides is 1. The van der Waals surface area contributed by atoms with Gasteiger partial charge in [-0.25, -0.2) is 0 Å². The van der Waals surface area contributed by atoms with E-state index in [0.717, 1.165) is 32.0 Å². The Balaban J connectivity index is 1.76. The molecule has 3 aliphatic rings. The van der Waals surface area contributed by atoms with Crippen LogP contribution in [0.1, 0.15) is 26.2 Å². The number of likely N-dealkylation sites (tertiary alicyclic amines) is 1. The fraction of sp³-hybridized carbons (Fsp3) is 0.923. The van der Waals surface area contributed by atoms with Gasteiger partial charge in [0.05, 0.1) is 5.92 Å². The third-order valence-corrected chi connectivity index (χ3v) is 4.90. The molecule has 96 valence electrons. The van der Waals surface area contributed by atoms with Crippen LogP contribution in [0.2, 0.25) is 0 Å².